The number of nitrogens with one attached hydrogen (secondary N) is 1. The third-order valence-electron chi connectivity index (χ3n) is 4.05. The maximum Gasteiger partial charge on any atom is 0.270 e. The van der Waals surface area contributed by atoms with Gasteiger partial charge in [0.15, 0.2) is 0 Å². The van der Waals surface area contributed by atoms with E-state index in [2.05, 4.69) is 19.2 Å². The zero-order chi connectivity index (χ0) is 15.2. The molecule has 2 heterocycles. The summed E-state index contributed by atoms with van der Waals surface area (Å²) in [5.74, 6) is 0.111. The van der Waals surface area contributed by atoms with Gasteiger partial charge in [-0.15, -0.1) is 0 Å². The van der Waals surface area contributed by atoms with Crippen LogP contribution in [0.15, 0.2) is 18.3 Å². The van der Waals surface area contributed by atoms with Gasteiger partial charge >= 0.3 is 0 Å². The van der Waals surface area contributed by atoms with E-state index in [0.717, 1.165) is 25.2 Å². The average molecular weight is 293 g/mol. The molecule has 0 radical (unpaired) electrons. The van der Waals surface area contributed by atoms with Crippen molar-refractivity contribution in [2.75, 3.05) is 26.8 Å². The maximum atomic E-state index is 12.9. The highest BCUT2D eigenvalue weighted by molar-refractivity contribution is 5.93. The summed E-state index contributed by atoms with van der Waals surface area (Å²) < 4.78 is 7.09. The Morgan fingerprint density at radius 3 is 3.00 bits per heavy atom. The number of rotatable bonds is 7. The number of ether oxygens (including phenoxy) is 1. The highest BCUT2D eigenvalue weighted by Gasteiger charge is 2.25. The van der Waals surface area contributed by atoms with Gasteiger partial charge in [0.25, 0.3) is 5.91 Å². The lowest BCUT2D eigenvalue weighted by Crippen LogP contribution is -2.45. The summed E-state index contributed by atoms with van der Waals surface area (Å²) in [6, 6.07) is 4.45. The minimum Gasteiger partial charge on any atom is -0.383 e. The second-order valence-electron chi connectivity index (χ2n) is 5.92. The summed E-state index contributed by atoms with van der Waals surface area (Å²) in [7, 11) is 1.68. The molecule has 118 valence electrons. The van der Waals surface area contributed by atoms with E-state index in [4.69, 9.17) is 4.74 Å². The normalized spacial score (nSPS) is 18.4. The molecule has 21 heavy (non-hydrogen) atoms. The summed E-state index contributed by atoms with van der Waals surface area (Å²) >= 11 is 0. The van der Waals surface area contributed by atoms with Gasteiger partial charge < -0.3 is 19.5 Å². The number of amides is 1. The van der Waals surface area contributed by atoms with Crippen LogP contribution < -0.4 is 5.32 Å². The molecule has 0 spiro atoms. The molecule has 1 N–H and O–H groups in total. The second-order valence-corrected chi connectivity index (χ2v) is 5.92. The Morgan fingerprint density at radius 2 is 2.38 bits per heavy atom. The first-order chi connectivity index (χ1) is 10.1. The van der Waals surface area contributed by atoms with Gasteiger partial charge in [-0.25, -0.2) is 0 Å². The number of aromatic nitrogens is 1. The van der Waals surface area contributed by atoms with E-state index < -0.39 is 0 Å². The van der Waals surface area contributed by atoms with Crippen LogP contribution >= 0.6 is 0 Å². The van der Waals surface area contributed by atoms with Gasteiger partial charge in [0.1, 0.15) is 5.69 Å². The predicted molar refractivity (Wildman–Crippen MR) is 83.5 cm³/mol. The molecule has 5 heteroatoms. The third-order valence-corrected chi connectivity index (χ3v) is 4.05. The summed E-state index contributed by atoms with van der Waals surface area (Å²) in [5.41, 5.74) is 0.749. The van der Waals surface area contributed by atoms with Crippen LogP contribution in [0.3, 0.4) is 0 Å². The molecular weight excluding hydrogens is 266 g/mol. The summed E-state index contributed by atoms with van der Waals surface area (Å²) in [4.78, 5) is 14.8. The van der Waals surface area contributed by atoms with Crippen molar-refractivity contribution >= 4 is 5.91 Å². The van der Waals surface area contributed by atoms with Crippen molar-refractivity contribution in [3.8, 4) is 0 Å². The monoisotopic (exact) mass is 293 g/mol. The van der Waals surface area contributed by atoms with Crippen LogP contribution in [0.1, 0.15) is 37.2 Å². The molecule has 1 aliphatic heterocycles. The largest absolute Gasteiger partial charge is 0.383 e. The van der Waals surface area contributed by atoms with Crippen LogP contribution in [0.4, 0.5) is 0 Å². The molecule has 1 aromatic rings. The maximum absolute atomic E-state index is 12.9. The fourth-order valence-electron chi connectivity index (χ4n) is 2.82. The van der Waals surface area contributed by atoms with Gasteiger partial charge in [-0.05, 0) is 45.4 Å². The average Bonchev–Trinajstić information content (AvgIpc) is 3.12. The first kappa shape index (κ1) is 16.0. The van der Waals surface area contributed by atoms with Crippen molar-refractivity contribution in [2.45, 2.75) is 45.3 Å². The number of carbonyl (C=O) groups excluding carboxylic acids is 1. The zero-order valence-corrected chi connectivity index (χ0v) is 13.3. The molecule has 2 rings (SSSR count). The fourth-order valence-corrected chi connectivity index (χ4v) is 2.82. The molecule has 1 aliphatic rings. The van der Waals surface area contributed by atoms with Crippen molar-refractivity contribution in [3.63, 3.8) is 0 Å². The van der Waals surface area contributed by atoms with E-state index in [0.29, 0.717) is 19.2 Å². The summed E-state index contributed by atoms with van der Waals surface area (Å²) in [6.07, 6.45) is 4.30. The number of nitrogens with zero attached hydrogens (tertiary/aromatic N) is 2. The van der Waals surface area contributed by atoms with Crippen molar-refractivity contribution in [3.05, 3.63) is 24.0 Å². The lowest BCUT2D eigenvalue weighted by molar-refractivity contribution is 0.0675. The number of carbonyl (C=O) groups is 1. The molecule has 0 saturated carbocycles. The fraction of sp³-hybridized carbons (Fsp3) is 0.688. The first-order valence-electron chi connectivity index (χ1n) is 7.82. The molecule has 1 fully saturated rings. The zero-order valence-electron chi connectivity index (χ0n) is 13.3. The van der Waals surface area contributed by atoms with Crippen molar-refractivity contribution in [2.24, 2.45) is 0 Å². The number of hydrogen-bond donors (Lipinski definition) is 1. The van der Waals surface area contributed by atoms with Gasteiger partial charge in [0, 0.05) is 38.5 Å². The smallest absolute Gasteiger partial charge is 0.270 e. The molecule has 0 aliphatic carbocycles. The van der Waals surface area contributed by atoms with Crippen LogP contribution in [0.25, 0.3) is 0 Å². The lowest BCUT2D eigenvalue weighted by Gasteiger charge is -2.30. The van der Waals surface area contributed by atoms with E-state index in [1.807, 2.05) is 27.8 Å². The van der Waals surface area contributed by atoms with Gasteiger partial charge in [-0.2, -0.15) is 0 Å². The lowest BCUT2D eigenvalue weighted by atomic mass is 10.1. The Hall–Kier alpha value is -1.33. The Kier molecular flexibility index (Phi) is 5.82. The Morgan fingerprint density at radius 1 is 1.57 bits per heavy atom. The van der Waals surface area contributed by atoms with E-state index in [-0.39, 0.29) is 11.9 Å². The molecule has 1 aromatic heterocycles. The van der Waals surface area contributed by atoms with Crippen LogP contribution in [0, 0.1) is 0 Å². The Bertz CT molecular complexity index is 450. The third kappa shape index (κ3) is 4.08. The minimum absolute atomic E-state index is 0.111. The summed E-state index contributed by atoms with van der Waals surface area (Å²) in [5, 5.41) is 3.47. The van der Waals surface area contributed by atoms with Crippen LogP contribution in [-0.2, 0) is 11.3 Å². The van der Waals surface area contributed by atoms with Gasteiger partial charge in [0.2, 0.25) is 0 Å². The van der Waals surface area contributed by atoms with Crippen LogP contribution in [0.5, 0.6) is 0 Å². The molecule has 1 unspecified atom stereocenters. The number of methoxy groups -OCH3 is 1. The second kappa shape index (κ2) is 7.61. The highest BCUT2D eigenvalue weighted by atomic mass is 16.5. The standard InChI is InChI=1S/C16H27N3O2/c1-13(2)19(12-14-6-4-8-17-14)16(20)15-7-5-9-18(15)10-11-21-3/h5,7,9,13-14,17H,4,6,8,10-12H2,1-3H3. The SMILES string of the molecule is COCCn1cccc1C(=O)N(CC1CCCN1)C(C)C. The molecule has 1 saturated heterocycles. The quantitative estimate of drug-likeness (QED) is 0.833. The van der Waals surface area contributed by atoms with Gasteiger partial charge in [-0.1, -0.05) is 0 Å². The molecule has 0 aromatic carbocycles. The molecule has 5 nitrogen and oxygen atoms in total. The summed E-state index contributed by atoms with van der Waals surface area (Å²) in [6.45, 7) is 7.32. The van der Waals surface area contributed by atoms with Crippen LogP contribution in [0.2, 0.25) is 0 Å². The molecule has 0 bridgehead atoms. The highest BCUT2D eigenvalue weighted by Crippen LogP contribution is 2.14. The molecular formula is C16H27N3O2. The van der Waals surface area contributed by atoms with Crippen LogP contribution in [-0.4, -0.2) is 54.3 Å². The van der Waals surface area contributed by atoms with Gasteiger partial charge in [0.05, 0.1) is 6.61 Å². The number of hydrogen-bond acceptors (Lipinski definition) is 3. The Labute approximate surface area is 127 Å². The van der Waals surface area contributed by atoms with E-state index >= 15 is 0 Å². The predicted octanol–water partition coefficient (Wildman–Crippen LogP) is 1.74. The van der Waals surface area contributed by atoms with E-state index in [1.54, 1.807) is 7.11 Å². The van der Waals surface area contributed by atoms with Gasteiger partial charge in [-0.3, -0.25) is 4.79 Å². The molecule has 1 atom stereocenters. The van der Waals surface area contributed by atoms with E-state index in [1.165, 1.54) is 6.42 Å². The minimum atomic E-state index is 0.111. The van der Waals surface area contributed by atoms with Crippen molar-refractivity contribution in [1.82, 2.24) is 14.8 Å². The topological polar surface area (TPSA) is 46.5 Å². The van der Waals surface area contributed by atoms with Crippen molar-refractivity contribution < 1.29 is 9.53 Å². The molecule has 1 amide bonds. The van der Waals surface area contributed by atoms with Crippen molar-refractivity contribution in [1.29, 1.82) is 0 Å². The Balaban J connectivity index is 2.08. The van der Waals surface area contributed by atoms with E-state index in [9.17, 15) is 4.79 Å². The first-order valence-corrected chi connectivity index (χ1v) is 7.82.